The molecular formula is C9H11NO4S2. The van der Waals surface area contributed by atoms with Crippen LogP contribution in [0.25, 0.3) is 0 Å². The van der Waals surface area contributed by atoms with Crippen LogP contribution in [0.15, 0.2) is 24.3 Å². The summed E-state index contributed by atoms with van der Waals surface area (Å²) in [5, 5.41) is -0.510. The van der Waals surface area contributed by atoms with E-state index >= 15 is 0 Å². The molecule has 0 aliphatic carbocycles. The fourth-order valence-electron chi connectivity index (χ4n) is 1.07. The van der Waals surface area contributed by atoms with Gasteiger partial charge in [0.25, 0.3) is 5.24 Å². The Balaban J connectivity index is 3.15. The van der Waals surface area contributed by atoms with Crippen LogP contribution in [0.4, 0.5) is 10.5 Å². The lowest BCUT2D eigenvalue weighted by Gasteiger charge is -2.17. The van der Waals surface area contributed by atoms with Crippen LogP contribution in [0, 0.1) is 0 Å². The molecule has 0 radical (unpaired) electrons. The predicted octanol–water partition coefficient (Wildman–Crippen LogP) is 1.51. The minimum atomic E-state index is -3.62. The van der Waals surface area contributed by atoms with Crippen LogP contribution in [0.1, 0.15) is 0 Å². The Kier molecular flexibility index (Phi) is 3.82. The highest BCUT2D eigenvalue weighted by Gasteiger charge is 2.15. The molecule has 0 saturated heterocycles. The minimum absolute atomic E-state index is 0.0925. The maximum Gasteiger partial charge on any atom is 0.306 e. The lowest BCUT2D eigenvalue weighted by molar-refractivity contribution is 0.266. The van der Waals surface area contributed by atoms with Crippen LogP contribution in [0.5, 0.6) is 5.75 Å². The van der Waals surface area contributed by atoms with E-state index in [0.717, 1.165) is 6.26 Å². The summed E-state index contributed by atoms with van der Waals surface area (Å²) in [7, 11) is -2.15. The van der Waals surface area contributed by atoms with Crippen molar-refractivity contribution in [2.75, 3.05) is 18.2 Å². The van der Waals surface area contributed by atoms with Gasteiger partial charge in [0.15, 0.2) is 5.75 Å². The molecule has 1 rings (SSSR count). The number of anilines is 1. The molecule has 0 fully saturated rings. The van der Waals surface area contributed by atoms with Crippen LogP contribution in [-0.2, 0) is 10.1 Å². The second kappa shape index (κ2) is 4.75. The summed E-state index contributed by atoms with van der Waals surface area (Å²) in [6.45, 7) is 0. The third-order valence-corrected chi connectivity index (χ3v) is 2.54. The molecule has 0 saturated carbocycles. The van der Waals surface area contributed by atoms with Crippen molar-refractivity contribution in [1.29, 1.82) is 0 Å². The van der Waals surface area contributed by atoms with Gasteiger partial charge in [-0.2, -0.15) is 8.42 Å². The number of amides is 1. The van der Waals surface area contributed by atoms with Crippen LogP contribution in [-0.4, -0.2) is 27.0 Å². The Hall–Kier alpha value is -1.21. The molecule has 0 heterocycles. The Morgan fingerprint density at radius 2 is 1.94 bits per heavy atom. The van der Waals surface area contributed by atoms with E-state index in [1.54, 1.807) is 18.2 Å². The summed E-state index contributed by atoms with van der Waals surface area (Å²) in [4.78, 5) is 12.2. The molecule has 5 nitrogen and oxygen atoms in total. The molecule has 1 aromatic rings. The smallest absolute Gasteiger partial charge is 0.306 e. The number of thiol groups is 1. The zero-order valence-corrected chi connectivity index (χ0v) is 10.5. The van der Waals surface area contributed by atoms with E-state index in [4.69, 9.17) is 4.18 Å². The zero-order valence-electron chi connectivity index (χ0n) is 8.75. The molecular weight excluding hydrogens is 250 g/mol. The Labute approximate surface area is 99.6 Å². The molecule has 0 spiro atoms. The summed E-state index contributed by atoms with van der Waals surface area (Å²) in [5.41, 5.74) is 0.341. The number of para-hydroxylation sites is 2. The molecule has 0 aromatic heterocycles. The third kappa shape index (κ3) is 3.42. The van der Waals surface area contributed by atoms with Crippen molar-refractivity contribution in [1.82, 2.24) is 0 Å². The van der Waals surface area contributed by atoms with Gasteiger partial charge in [-0.25, -0.2) is 0 Å². The van der Waals surface area contributed by atoms with E-state index < -0.39 is 15.4 Å². The van der Waals surface area contributed by atoms with Gasteiger partial charge < -0.3 is 9.08 Å². The predicted molar refractivity (Wildman–Crippen MR) is 64.7 cm³/mol. The fraction of sp³-hybridized carbons (Fsp3) is 0.222. The van der Waals surface area contributed by atoms with Gasteiger partial charge in [0.1, 0.15) is 0 Å². The molecule has 16 heavy (non-hydrogen) atoms. The third-order valence-electron chi connectivity index (χ3n) is 1.75. The van der Waals surface area contributed by atoms with Gasteiger partial charge in [-0.1, -0.05) is 24.8 Å². The summed E-state index contributed by atoms with van der Waals surface area (Å²) >= 11 is 3.65. The molecule has 7 heteroatoms. The van der Waals surface area contributed by atoms with Crippen LogP contribution in [0.2, 0.25) is 0 Å². The lowest BCUT2D eigenvalue weighted by atomic mass is 10.3. The maximum absolute atomic E-state index is 11.0. The first kappa shape index (κ1) is 12.9. The number of benzene rings is 1. The van der Waals surface area contributed by atoms with Crippen molar-refractivity contribution in [3.05, 3.63) is 24.3 Å². The van der Waals surface area contributed by atoms with E-state index in [-0.39, 0.29) is 5.75 Å². The molecule has 0 N–H and O–H groups in total. The summed E-state index contributed by atoms with van der Waals surface area (Å²) in [6.07, 6.45) is 0.937. The molecule has 0 aliphatic heterocycles. The van der Waals surface area contributed by atoms with Crippen molar-refractivity contribution >= 4 is 33.7 Å². The standard InChI is InChI=1S/C9H11NO4S2/c1-10(9(11)15)7-5-3-4-6-8(7)14-16(2,12)13/h3-6H,1-2H3,(H,11,15). The summed E-state index contributed by atoms with van der Waals surface area (Å²) in [5.74, 6) is 0.0925. The highest BCUT2D eigenvalue weighted by atomic mass is 32.2. The number of carbonyl (C=O) groups excluding carboxylic acids is 1. The maximum atomic E-state index is 11.0. The van der Waals surface area contributed by atoms with Crippen LogP contribution >= 0.6 is 12.6 Å². The van der Waals surface area contributed by atoms with Gasteiger partial charge in [-0.15, -0.1) is 0 Å². The van der Waals surface area contributed by atoms with E-state index in [0.29, 0.717) is 5.69 Å². The van der Waals surface area contributed by atoms with Gasteiger partial charge in [-0.3, -0.25) is 4.79 Å². The number of hydrogen-bond donors (Lipinski definition) is 1. The molecule has 0 atom stereocenters. The fourth-order valence-corrected chi connectivity index (χ4v) is 1.65. The van der Waals surface area contributed by atoms with E-state index in [9.17, 15) is 13.2 Å². The topological polar surface area (TPSA) is 63.7 Å². The molecule has 0 bridgehead atoms. The zero-order chi connectivity index (χ0) is 12.3. The van der Waals surface area contributed by atoms with E-state index in [1.165, 1.54) is 18.0 Å². The van der Waals surface area contributed by atoms with E-state index in [1.807, 2.05) is 0 Å². The van der Waals surface area contributed by atoms with Gasteiger partial charge in [0, 0.05) is 7.05 Å². The lowest BCUT2D eigenvalue weighted by Crippen LogP contribution is -2.21. The second-order valence-corrected chi connectivity index (χ2v) is 5.05. The first-order chi connectivity index (χ1) is 7.31. The van der Waals surface area contributed by atoms with Gasteiger partial charge in [0.05, 0.1) is 11.9 Å². The highest BCUT2D eigenvalue weighted by molar-refractivity contribution is 7.96. The largest absolute Gasteiger partial charge is 0.380 e. The Morgan fingerprint density at radius 1 is 1.38 bits per heavy atom. The number of rotatable bonds is 3. The molecule has 1 aromatic carbocycles. The quantitative estimate of drug-likeness (QED) is 0.661. The minimum Gasteiger partial charge on any atom is -0.380 e. The van der Waals surface area contributed by atoms with Crippen LogP contribution < -0.4 is 9.08 Å². The van der Waals surface area contributed by atoms with Gasteiger partial charge >= 0.3 is 10.1 Å². The van der Waals surface area contributed by atoms with Crippen LogP contribution in [0.3, 0.4) is 0 Å². The second-order valence-electron chi connectivity index (χ2n) is 3.10. The van der Waals surface area contributed by atoms with Gasteiger partial charge in [-0.05, 0) is 12.1 Å². The Bertz CT molecular complexity index is 498. The molecule has 0 unspecified atom stereocenters. The average molecular weight is 261 g/mol. The normalized spacial score (nSPS) is 10.9. The van der Waals surface area contributed by atoms with Crippen molar-refractivity contribution in [2.45, 2.75) is 0 Å². The molecule has 1 amide bonds. The molecule has 88 valence electrons. The van der Waals surface area contributed by atoms with Crippen molar-refractivity contribution in [3.63, 3.8) is 0 Å². The van der Waals surface area contributed by atoms with E-state index in [2.05, 4.69) is 12.6 Å². The number of nitrogens with zero attached hydrogens (tertiary/aromatic N) is 1. The summed E-state index contributed by atoms with van der Waals surface area (Å²) in [6, 6.07) is 6.30. The number of hydrogen-bond acceptors (Lipinski definition) is 4. The highest BCUT2D eigenvalue weighted by Crippen LogP contribution is 2.28. The average Bonchev–Trinajstić information content (AvgIpc) is 2.15. The summed E-state index contributed by atoms with van der Waals surface area (Å²) < 4.78 is 26.7. The first-order valence-electron chi connectivity index (χ1n) is 4.26. The van der Waals surface area contributed by atoms with Crippen molar-refractivity contribution in [2.24, 2.45) is 0 Å². The SMILES string of the molecule is CN(C(=O)S)c1ccccc1OS(C)(=O)=O. The van der Waals surface area contributed by atoms with Gasteiger partial charge in [0.2, 0.25) is 0 Å². The monoisotopic (exact) mass is 261 g/mol. The number of carbonyl (C=O) groups is 1. The molecule has 0 aliphatic rings. The Morgan fingerprint density at radius 3 is 2.44 bits per heavy atom. The van der Waals surface area contributed by atoms with Crippen molar-refractivity contribution < 1.29 is 17.4 Å². The first-order valence-corrected chi connectivity index (χ1v) is 6.53. The van der Waals surface area contributed by atoms with Crippen molar-refractivity contribution in [3.8, 4) is 5.75 Å².